The summed E-state index contributed by atoms with van der Waals surface area (Å²) in [6.45, 7) is 0.366. The number of nitrogens with two attached hydrogens (primary N) is 1. The molecule has 1 aromatic heterocycles. The Balaban J connectivity index is 1.98. The van der Waals surface area contributed by atoms with Crippen LogP contribution in [0.15, 0.2) is 29.6 Å². The number of thiazole rings is 1. The maximum absolute atomic E-state index is 12.0. The van der Waals surface area contributed by atoms with Crippen LogP contribution in [0.3, 0.4) is 0 Å². The van der Waals surface area contributed by atoms with E-state index in [-0.39, 0.29) is 18.1 Å². The molecule has 19 heavy (non-hydrogen) atoms. The number of aromatic nitrogens is 1. The third-order valence-electron chi connectivity index (χ3n) is 2.73. The van der Waals surface area contributed by atoms with Crippen LogP contribution in [-0.2, 0) is 17.8 Å². The van der Waals surface area contributed by atoms with Gasteiger partial charge in [0.1, 0.15) is 5.75 Å². The molecule has 0 aliphatic rings. The fourth-order valence-corrected chi connectivity index (χ4v) is 2.24. The lowest BCUT2D eigenvalue weighted by Crippen LogP contribution is -2.27. The van der Waals surface area contributed by atoms with Crippen LogP contribution in [0.25, 0.3) is 0 Å². The monoisotopic (exact) mass is 277 g/mol. The van der Waals surface area contributed by atoms with Crippen molar-refractivity contribution in [2.45, 2.75) is 13.0 Å². The molecule has 3 N–H and O–H groups in total. The molecule has 5 nitrogen and oxygen atoms in total. The minimum Gasteiger partial charge on any atom is -0.508 e. The largest absolute Gasteiger partial charge is 0.508 e. The van der Waals surface area contributed by atoms with Gasteiger partial charge in [0.25, 0.3) is 0 Å². The highest BCUT2D eigenvalue weighted by atomic mass is 32.1. The number of amides is 1. The van der Waals surface area contributed by atoms with Gasteiger partial charge in [-0.2, -0.15) is 0 Å². The molecule has 0 aliphatic carbocycles. The lowest BCUT2D eigenvalue weighted by molar-refractivity contribution is -0.129. The van der Waals surface area contributed by atoms with Gasteiger partial charge in [-0.15, -0.1) is 11.3 Å². The van der Waals surface area contributed by atoms with Gasteiger partial charge in [-0.05, 0) is 6.07 Å². The van der Waals surface area contributed by atoms with E-state index in [9.17, 15) is 9.90 Å². The van der Waals surface area contributed by atoms with Crippen LogP contribution in [0.5, 0.6) is 5.75 Å². The van der Waals surface area contributed by atoms with Crippen molar-refractivity contribution >= 4 is 22.4 Å². The third kappa shape index (κ3) is 3.45. The van der Waals surface area contributed by atoms with Gasteiger partial charge in [-0.3, -0.25) is 4.79 Å². The minimum absolute atomic E-state index is 0.0615. The Hall–Kier alpha value is -2.08. The molecule has 0 saturated carbocycles. The molecule has 1 amide bonds. The fraction of sp³-hybridized carbons (Fsp3) is 0.231. The molecule has 100 valence electrons. The second-order valence-corrected chi connectivity index (χ2v) is 5.12. The number of nitrogens with zero attached hydrogens (tertiary/aromatic N) is 2. The first kappa shape index (κ1) is 13.4. The molecule has 0 bridgehead atoms. The molecule has 6 heteroatoms. The van der Waals surface area contributed by atoms with E-state index in [0.29, 0.717) is 17.4 Å². The zero-order valence-electron chi connectivity index (χ0n) is 10.5. The molecular formula is C13H15N3O2S. The number of hydrogen-bond donors (Lipinski definition) is 2. The zero-order valence-corrected chi connectivity index (χ0v) is 11.4. The average molecular weight is 277 g/mol. The highest BCUT2D eigenvalue weighted by Crippen LogP contribution is 2.18. The Morgan fingerprint density at radius 2 is 2.21 bits per heavy atom. The topological polar surface area (TPSA) is 79.5 Å². The van der Waals surface area contributed by atoms with Crippen LogP contribution in [0.1, 0.15) is 11.3 Å². The number of benzene rings is 1. The van der Waals surface area contributed by atoms with Crippen molar-refractivity contribution in [3.05, 3.63) is 40.9 Å². The van der Waals surface area contributed by atoms with Crippen molar-refractivity contribution in [3.63, 3.8) is 0 Å². The number of para-hydroxylation sites is 1. The van der Waals surface area contributed by atoms with Gasteiger partial charge in [-0.25, -0.2) is 4.98 Å². The molecule has 0 aliphatic heterocycles. The van der Waals surface area contributed by atoms with E-state index in [1.54, 1.807) is 35.5 Å². The summed E-state index contributed by atoms with van der Waals surface area (Å²) in [5.41, 5.74) is 6.92. The number of rotatable bonds is 4. The summed E-state index contributed by atoms with van der Waals surface area (Å²) in [7, 11) is 1.70. The quantitative estimate of drug-likeness (QED) is 0.890. The second kappa shape index (κ2) is 5.71. The average Bonchev–Trinajstić information content (AvgIpc) is 2.77. The molecule has 2 rings (SSSR count). The molecule has 0 unspecified atom stereocenters. The summed E-state index contributed by atoms with van der Waals surface area (Å²) >= 11 is 1.32. The normalized spacial score (nSPS) is 10.4. The van der Waals surface area contributed by atoms with E-state index in [2.05, 4.69) is 4.98 Å². The Morgan fingerprint density at radius 3 is 2.84 bits per heavy atom. The predicted octanol–water partition coefficient (Wildman–Crippen LogP) is 1.63. The standard InChI is InChI=1S/C13H15N3O2S/c1-16(7-9-4-2-3-5-11(9)17)12(18)6-10-8-19-13(14)15-10/h2-5,8,17H,6-7H2,1H3,(H2,14,15). The Labute approximate surface area is 115 Å². The second-order valence-electron chi connectivity index (χ2n) is 4.23. The number of carbonyl (C=O) groups is 1. The Kier molecular flexibility index (Phi) is 4.01. The molecule has 0 atom stereocenters. The van der Waals surface area contributed by atoms with Gasteiger partial charge in [0.15, 0.2) is 5.13 Å². The molecule has 2 aromatic rings. The lowest BCUT2D eigenvalue weighted by atomic mass is 10.2. The van der Waals surface area contributed by atoms with Crippen LogP contribution in [0, 0.1) is 0 Å². The van der Waals surface area contributed by atoms with Crippen molar-refractivity contribution < 1.29 is 9.90 Å². The summed E-state index contributed by atoms with van der Waals surface area (Å²) in [4.78, 5) is 17.6. The van der Waals surface area contributed by atoms with Crippen LogP contribution < -0.4 is 5.73 Å². The van der Waals surface area contributed by atoms with E-state index >= 15 is 0 Å². The number of carbonyl (C=O) groups excluding carboxylic acids is 1. The number of aromatic hydroxyl groups is 1. The van der Waals surface area contributed by atoms with Crippen molar-refractivity contribution in [1.82, 2.24) is 9.88 Å². The Bertz CT molecular complexity index is 583. The molecule has 0 spiro atoms. The first-order chi connectivity index (χ1) is 9.06. The van der Waals surface area contributed by atoms with Crippen LogP contribution in [-0.4, -0.2) is 27.9 Å². The van der Waals surface area contributed by atoms with Crippen molar-refractivity contribution in [2.75, 3.05) is 12.8 Å². The lowest BCUT2D eigenvalue weighted by Gasteiger charge is -2.17. The zero-order chi connectivity index (χ0) is 13.8. The van der Waals surface area contributed by atoms with Gasteiger partial charge in [0, 0.05) is 24.5 Å². The SMILES string of the molecule is CN(Cc1ccccc1O)C(=O)Cc1csc(N)n1. The van der Waals surface area contributed by atoms with Crippen molar-refractivity contribution in [1.29, 1.82) is 0 Å². The summed E-state index contributed by atoms with van der Waals surface area (Å²) in [6.07, 6.45) is 0.220. The smallest absolute Gasteiger partial charge is 0.228 e. The van der Waals surface area contributed by atoms with E-state index < -0.39 is 0 Å². The van der Waals surface area contributed by atoms with Gasteiger partial charge in [0.05, 0.1) is 12.1 Å². The first-order valence-corrected chi connectivity index (χ1v) is 6.65. The van der Waals surface area contributed by atoms with E-state index in [1.165, 1.54) is 11.3 Å². The van der Waals surface area contributed by atoms with Crippen molar-refractivity contribution in [2.24, 2.45) is 0 Å². The molecule has 0 fully saturated rings. The maximum Gasteiger partial charge on any atom is 0.228 e. The number of phenolic OH excluding ortho intramolecular Hbond substituents is 1. The molecule has 0 radical (unpaired) electrons. The predicted molar refractivity (Wildman–Crippen MR) is 74.8 cm³/mol. The van der Waals surface area contributed by atoms with Crippen LogP contribution in [0.4, 0.5) is 5.13 Å². The molecule has 0 saturated heterocycles. The van der Waals surface area contributed by atoms with E-state index in [4.69, 9.17) is 5.73 Å². The summed E-state index contributed by atoms with van der Waals surface area (Å²) in [5.74, 6) is 0.133. The molecular weight excluding hydrogens is 262 g/mol. The van der Waals surface area contributed by atoms with Gasteiger partial charge < -0.3 is 15.7 Å². The van der Waals surface area contributed by atoms with E-state index in [1.807, 2.05) is 6.07 Å². The summed E-state index contributed by atoms with van der Waals surface area (Å²) in [6, 6.07) is 6.97. The Morgan fingerprint density at radius 1 is 1.47 bits per heavy atom. The number of likely N-dealkylation sites (N-methyl/N-ethyl adjacent to an activating group) is 1. The highest BCUT2D eigenvalue weighted by molar-refractivity contribution is 7.13. The van der Waals surface area contributed by atoms with Crippen LogP contribution >= 0.6 is 11.3 Å². The number of anilines is 1. The number of phenols is 1. The number of nitrogen functional groups attached to an aromatic ring is 1. The van der Waals surface area contributed by atoms with Gasteiger partial charge in [0.2, 0.25) is 5.91 Å². The van der Waals surface area contributed by atoms with Crippen molar-refractivity contribution in [3.8, 4) is 5.75 Å². The minimum atomic E-state index is -0.0615. The fourth-order valence-electron chi connectivity index (χ4n) is 1.68. The van der Waals surface area contributed by atoms with Gasteiger partial charge >= 0.3 is 0 Å². The summed E-state index contributed by atoms with van der Waals surface area (Å²) in [5, 5.41) is 11.9. The van der Waals surface area contributed by atoms with E-state index in [0.717, 1.165) is 5.56 Å². The van der Waals surface area contributed by atoms with Crippen LogP contribution in [0.2, 0.25) is 0 Å². The highest BCUT2D eigenvalue weighted by Gasteiger charge is 2.13. The third-order valence-corrected chi connectivity index (χ3v) is 3.45. The molecule has 1 heterocycles. The first-order valence-electron chi connectivity index (χ1n) is 5.77. The summed E-state index contributed by atoms with van der Waals surface area (Å²) < 4.78 is 0. The molecule has 1 aromatic carbocycles. The number of hydrogen-bond acceptors (Lipinski definition) is 5. The van der Waals surface area contributed by atoms with Gasteiger partial charge in [-0.1, -0.05) is 18.2 Å². The maximum atomic E-state index is 12.0.